The van der Waals surface area contributed by atoms with E-state index < -0.39 is 0 Å². The summed E-state index contributed by atoms with van der Waals surface area (Å²) in [5.41, 5.74) is 7.04. The maximum Gasteiger partial charge on any atom is 0.130 e. The average Bonchev–Trinajstić information content (AvgIpc) is 2.27. The number of rotatable bonds is 4. The summed E-state index contributed by atoms with van der Waals surface area (Å²) in [6.07, 6.45) is 0. The van der Waals surface area contributed by atoms with Crippen LogP contribution in [0.1, 0.15) is 25.5 Å². The number of hydrogen-bond donors (Lipinski definition) is 1. The quantitative estimate of drug-likeness (QED) is 0.872. The number of nitriles is 1. The fourth-order valence-corrected chi connectivity index (χ4v) is 1.86. The van der Waals surface area contributed by atoms with Crippen molar-refractivity contribution in [1.29, 1.82) is 5.26 Å². The highest BCUT2D eigenvalue weighted by Gasteiger charge is 2.16. The van der Waals surface area contributed by atoms with Crippen LogP contribution in [0.25, 0.3) is 0 Å². The Hall–Kier alpha value is -1.60. The molecule has 0 heterocycles. The van der Waals surface area contributed by atoms with Gasteiger partial charge in [-0.25, -0.2) is 4.39 Å². The zero-order valence-corrected chi connectivity index (χ0v) is 10.4. The predicted octanol–water partition coefficient (Wildman–Crippen LogP) is 2.44. The van der Waals surface area contributed by atoms with Crippen LogP contribution < -0.4 is 10.6 Å². The van der Waals surface area contributed by atoms with E-state index in [1.807, 2.05) is 24.9 Å². The lowest BCUT2D eigenvalue weighted by Gasteiger charge is -2.25. The zero-order valence-electron chi connectivity index (χ0n) is 10.4. The van der Waals surface area contributed by atoms with Crippen LogP contribution in [-0.2, 0) is 0 Å². The molecule has 0 radical (unpaired) electrons. The van der Waals surface area contributed by atoms with Gasteiger partial charge in [-0.2, -0.15) is 5.26 Å². The lowest BCUT2D eigenvalue weighted by Crippen LogP contribution is -2.26. The van der Waals surface area contributed by atoms with Gasteiger partial charge in [-0.3, -0.25) is 0 Å². The van der Waals surface area contributed by atoms with Gasteiger partial charge in [0.05, 0.1) is 12.0 Å². The minimum absolute atomic E-state index is 0.107. The first-order valence-corrected chi connectivity index (χ1v) is 5.62. The van der Waals surface area contributed by atoms with Crippen molar-refractivity contribution in [3.8, 4) is 6.07 Å². The summed E-state index contributed by atoms with van der Waals surface area (Å²) in [7, 11) is 1.84. The zero-order chi connectivity index (χ0) is 13.0. The molecule has 1 aromatic carbocycles. The molecule has 0 saturated heterocycles. The first kappa shape index (κ1) is 13.5. The Morgan fingerprint density at radius 3 is 2.65 bits per heavy atom. The molecule has 4 heteroatoms. The summed E-state index contributed by atoms with van der Waals surface area (Å²) in [5.74, 6) is -0.404. The molecule has 0 amide bonds. The van der Waals surface area contributed by atoms with Crippen LogP contribution in [0.15, 0.2) is 18.2 Å². The third-order valence-corrected chi connectivity index (χ3v) is 2.66. The molecule has 0 spiro atoms. The molecule has 1 rings (SSSR count). The SMILES string of the molecule is CC(C#N)CN(C)c1cccc(F)c1[C@H](C)N. The van der Waals surface area contributed by atoms with Crippen LogP contribution >= 0.6 is 0 Å². The van der Waals surface area contributed by atoms with Crippen LogP contribution in [0.4, 0.5) is 10.1 Å². The summed E-state index contributed by atoms with van der Waals surface area (Å²) in [4.78, 5) is 1.87. The Kier molecular flexibility index (Phi) is 4.47. The number of anilines is 1. The third kappa shape index (κ3) is 3.18. The van der Waals surface area contributed by atoms with Gasteiger partial charge < -0.3 is 10.6 Å². The second-order valence-corrected chi connectivity index (χ2v) is 4.37. The summed E-state index contributed by atoms with van der Waals surface area (Å²) in [5, 5.41) is 8.79. The summed E-state index contributed by atoms with van der Waals surface area (Å²) >= 11 is 0. The Balaban J connectivity index is 3.05. The first-order chi connectivity index (χ1) is 7.97. The van der Waals surface area contributed by atoms with Crippen LogP contribution in [0.2, 0.25) is 0 Å². The van der Waals surface area contributed by atoms with Crippen molar-refractivity contribution in [2.24, 2.45) is 11.7 Å². The Bertz CT molecular complexity index is 423. The van der Waals surface area contributed by atoms with Crippen molar-refractivity contribution >= 4 is 5.69 Å². The molecule has 92 valence electrons. The van der Waals surface area contributed by atoms with Gasteiger partial charge in [0.15, 0.2) is 0 Å². The topological polar surface area (TPSA) is 53.0 Å². The van der Waals surface area contributed by atoms with Gasteiger partial charge in [0.1, 0.15) is 5.82 Å². The lowest BCUT2D eigenvalue weighted by molar-refractivity contribution is 0.591. The molecule has 2 N–H and O–H groups in total. The standard InChI is InChI=1S/C13H18FN3/c1-9(7-15)8-17(3)12-6-4-5-11(14)13(12)10(2)16/h4-6,9-10H,8,16H2,1-3H3/t9?,10-/m0/s1. The molecule has 0 aliphatic rings. The highest BCUT2D eigenvalue weighted by Crippen LogP contribution is 2.27. The fraction of sp³-hybridized carbons (Fsp3) is 0.462. The highest BCUT2D eigenvalue weighted by molar-refractivity contribution is 5.55. The van der Waals surface area contributed by atoms with Crippen LogP contribution in [0.3, 0.4) is 0 Å². The predicted molar refractivity (Wildman–Crippen MR) is 67.0 cm³/mol. The number of benzene rings is 1. The summed E-state index contributed by atoms with van der Waals surface area (Å²) in [6.45, 7) is 4.14. The molecule has 0 fully saturated rings. The largest absolute Gasteiger partial charge is 0.373 e. The van der Waals surface area contributed by atoms with Gasteiger partial charge in [0.2, 0.25) is 0 Å². The molecule has 1 unspecified atom stereocenters. The Labute approximate surface area is 102 Å². The van der Waals surface area contributed by atoms with Gasteiger partial charge in [0.25, 0.3) is 0 Å². The second kappa shape index (κ2) is 5.65. The Morgan fingerprint density at radius 2 is 2.12 bits per heavy atom. The molecule has 0 aliphatic heterocycles. The van der Waals surface area contributed by atoms with E-state index in [0.29, 0.717) is 12.1 Å². The normalized spacial score (nSPS) is 13.9. The first-order valence-electron chi connectivity index (χ1n) is 5.62. The average molecular weight is 235 g/mol. The minimum atomic E-state index is -0.369. The van der Waals surface area contributed by atoms with E-state index >= 15 is 0 Å². The fourth-order valence-electron chi connectivity index (χ4n) is 1.86. The van der Waals surface area contributed by atoms with E-state index in [4.69, 9.17) is 11.0 Å². The van der Waals surface area contributed by atoms with Crippen LogP contribution in [-0.4, -0.2) is 13.6 Å². The molecule has 17 heavy (non-hydrogen) atoms. The molecule has 0 bridgehead atoms. The number of halogens is 1. The summed E-state index contributed by atoms with van der Waals surface area (Å²) < 4.78 is 13.7. The maximum absolute atomic E-state index is 13.7. The molecule has 0 saturated carbocycles. The molecule has 0 aliphatic carbocycles. The van der Waals surface area contributed by atoms with Gasteiger partial charge in [-0.05, 0) is 26.0 Å². The van der Waals surface area contributed by atoms with Gasteiger partial charge in [-0.15, -0.1) is 0 Å². The number of nitrogens with zero attached hydrogens (tertiary/aromatic N) is 2. The molecule has 2 atom stereocenters. The van der Waals surface area contributed by atoms with E-state index in [2.05, 4.69) is 6.07 Å². The van der Waals surface area contributed by atoms with Gasteiger partial charge >= 0.3 is 0 Å². The molecule has 3 nitrogen and oxygen atoms in total. The molecular formula is C13H18FN3. The van der Waals surface area contributed by atoms with E-state index in [1.54, 1.807) is 13.0 Å². The monoisotopic (exact) mass is 235 g/mol. The van der Waals surface area contributed by atoms with Crippen molar-refractivity contribution in [3.05, 3.63) is 29.6 Å². The third-order valence-electron chi connectivity index (χ3n) is 2.66. The minimum Gasteiger partial charge on any atom is -0.373 e. The molecule has 1 aromatic rings. The van der Waals surface area contributed by atoms with Gasteiger partial charge in [-0.1, -0.05) is 6.07 Å². The van der Waals surface area contributed by atoms with E-state index in [9.17, 15) is 4.39 Å². The summed E-state index contributed by atoms with van der Waals surface area (Å²) in [6, 6.07) is 6.68. The smallest absolute Gasteiger partial charge is 0.130 e. The van der Waals surface area contributed by atoms with E-state index in [1.165, 1.54) is 6.07 Å². The van der Waals surface area contributed by atoms with Crippen molar-refractivity contribution in [3.63, 3.8) is 0 Å². The van der Waals surface area contributed by atoms with E-state index in [-0.39, 0.29) is 17.8 Å². The number of nitrogens with two attached hydrogens (primary N) is 1. The number of hydrogen-bond acceptors (Lipinski definition) is 3. The van der Waals surface area contributed by atoms with Crippen LogP contribution in [0.5, 0.6) is 0 Å². The van der Waals surface area contributed by atoms with Crippen molar-refractivity contribution in [2.75, 3.05) is 18.5 Å². The molecular weight excluding hydrogens is 217 g/mol. The second-order valence-electron chi connectivity index (χ2n) is 4.37. The van der Waals surface area contributed by atoms with Crippen molar-refractivity contribution in [2.45, 2.75) is 19.9 Å². The lowest BCUT2D eigenvalue weighted by atomic mass is 10.0. The van der Waals surface area contributed by atoms with Crippen molar-refractivity contribution in [1.82, 2.24) is 0 Å². The van der Waals surface area contributed by atoms with Crippen LogP contribution in [0, 0.1) is 23.1 Å². The van der Waals surface area contributed by atoms with E-state index in [0.717, 1.165) is 5.69 Å². The molecule has 0 aromatic heterocycles. The van der Waals surface area contributed by atoms with Gasteiger partial charge in [0, 0.05) is 30.9 Å². The Morgan fingerprint density at radius 1 is 1.47 bits per heavy atom. The van der Waals surface area contributed by atoms with Crippen molar-refractivity contribution < 1.29 is 4.39 Å². The maximum atomic E-state index is 13.7. The highest BCUT2D eigenvalue weighted by atomic mass is 19.1.